The third-order valence-corrected chi connectivity index (χ3v) is 1.84. The monoisotopic (exact) mass is 240 g/mol. The molecule has 1 unspecified atom stereocenters. The Bertz CT molecular complexity index is 331. The second-order valence-corrected chi connectivity index (χ2v) is 3.15. The zero-order valence-corrected chi connectivity index (χ0v) is 8.22. The van der Waals surface area contributed by atoms with Gasteiger partial charge in [0.1, 0.15) is 5.75 Å². The summed E-state index contributed by atoms with van der Waals surface area (Å²) in [6.07, 6.45) is -4.09. The van der Waals surface area contributed by atoms with Crippen LogP contribution in [0.2, 0.25) is 0 Å². The molecule has 0 amide bonds. The van der Waals surface area contributed by atoms with Crippen molar-refractivity contribution in [2.75, 3.05) is 0 Å². The Balaban J connectivity index is 2.80. The SMILES string of the molecule is OCc1cccc(OC(F)(F)C(F)Cl)c1. The molecule has 0 radical (unpaired) electrons. The van der Waals surface area contributed by atoms with Gasteiger partial charge in [0.05, 0.1) is 6.61 Å². The third-order valence-electron chi connectivity index (χ3n) is 1.59. The number of ether oxygens (including phenoxy) is 1. The summed E-state index contributed by atoms with van der Waals surface area (Å²) >= 11 is 4.60. The molecule has 0 aliphatic rings. The minimum atomic E-state index is -4.09. The molecule has 0 spiro atoms. The van der Waals surface area contributed by atoms with Crippen molar-refractivity contribution < 1.29 is 23.0 Å². The number of halogens is 4. The van der Waals surface area contributed by atoms with Crippen LogP contribution in [-0.2, 0) is 6.61 Å². The van der Waals surface area contributed by atoms with Gasteiger partial charge in [-0.25, -0.2) is 4.39 Å². The molecule has 1 aromatic carbocycles. The summed E-state index contributed by atoms with van der Waals surface area (Å²) in [4.78, 5) is 0. The van der Waals surface area contributed by atoms with Crippen molar-refractivity contribution in [1.29, 1.82) is 0 Å². The van der Waals surface area contributed by atoms with Gasteiger partial charge in [-0.15, -0.1) is 0 Å². The highest BCUT2D eigenvalue weighted by atomic mass is 35.5. The summed E-state index contributed by atoms with van der Waals surface area (Å²) < 4.78 is 41.6. The van der Waals surface area contributed by atoms with Crippen LogP contribution in [0.3, 0.4) is 0 Å². The van der Waals surface area contributed by atoms with Crippen molar-refractivity contribution >= 4 is 11.6 Å². The summed E-state index contributed by atoms with van der Waals surface area (Å²) in [6, 6.07) is 5.30. The van der Waals surface area contributed by atoms with Crippen molar-refractivity contribution in [2.24, 2.45) is 0 Å². The van der Waals surface area contributed by atoms with Crippen LogP contribution >= 0.6 is 11.6 Å². The summed E-state index contributed by atoms with van der Waals surface area (Å²) in [6.45, 7) is -0.317. The standard InChI is InChI=1S/C9H8ClF3O2/c10-8(11)9(12,13)15-7-3-1-2-6(4-7)5-14/h1-4,8,14H,5H2. The Morgan fingerprint density at radius 1 is 1.47 bits per heavy atom. The fourth-order valence-corrected chi connectivity index (χ4v) is 0.954. The number of hydrogen-bond donors (Lipinski definition) is 1. The van der Waals surface area contributed by atoms with Gasteiger partial charge < -0.3 is 9.84 Å². The highest BCUT2D eigenvalue weighted by molar-refractivity contribution is 6.20. The molecule has 1 atom stereocenters. The van der Waals surface area contributed by atoms with Crippen LogP contribution in [0.1, 0.15) is 5.56 Å². The first-order valence-corrected chi connectivity index (χ1v) is 4.44. The van der Waals surface area contributed by atoms with Crippen LogP contribution in [0.25, 0.3) is 0 Å². The van der Waals surface area contributed by atoms with Crippen molar-refractivity contribution in [3.05, 3.63) is 29.8 Å². The lowest BCUT2D eigenvalue weighted by Gasteiger charge is -2.17. The van der Waals surface area contributed by atoms with E-state index in [1.807, 2.05) is 0 Å². The predicted molar refractivity (Wildman–Crippen MR) is 48.7 cm³/mol. The predicted octanol–water partition coefficient (Wildman–Crippen LogP) is 2.68. The van der Waals surface area contributed by atoms with Gasteiger partial charge in [0.25, 0.3) is 5.63 Å². The van der Waals surface area contributed by atoms with Crippen molar-refractivity contribution in [1.82, 2.24) is 0 Å². The average molecular weight is 241 g/mol. The molecular formula is C9H8ClF3O2. The van der Waals surface area contributed by atoms with Crippen LogP contribution in [0, 0.1) is 0 Å². The smallest absolute Gasteiger partial charge is 0.429 e. The van der Waals surface area contributed by atoms with E-state index in [-0.39, 0.29) is 12.4 Å². The van der Waals surface area contributed by atoms with E-state index in [1.54, 1.807) is 0 Å². The second-order valence-electron chi connectivity index (χ2n) is 2.77. The van der Waals surface area contributed by atoms with E-state index >= 15 is 0 Å². The maximum Gasteiger partial charge on any atom is 0.444 e. The number of alkyl halides is 4. The first kappa shape index (κ1) is 12.1. The Morgan fingerprint density at radius 3 is 2.67 bits per heavy atom. The van der Waals surface area contributed by atoms with E-state index in [0.29, 0.717) is 5.56 Å². The summed E-state index contributed by atoms with van der Waals surface area (Å²) in [5.41, 5.74) is -2.54. The van der Waals surface area contributed by atoms with E-state index < -0.39 is 11.7 Å². The van der Waals surface area contributed by atoms with Gasteiger partial charge in [-0.05, 0) is 17.7 Å². The number of benzene rings is 1. The van der Waals surface area contributed by atoms with Crippen LogP contribution in [0.15, 0.2) is 24.3 Å². The van der Waals surface area contributed by atoms with Gasteiger partial charge in [0, 0.05) is 0 Å². The lowest BCUT2D eigenvalue weighted by atomic mass is 10.2. The minimum Gasteiger partial charge on any atom is -0.429 e. The number of rotatable bonds is 4. The molecule has 6 heteroatoms. The molecule has 0 aromatic heterocycles. The Kier molecular flexibility index (Phi) is 3.82. The molecule has 0 bridgehead atoms. The number of hydrogen-bond acceptors (Lipinski definition) is 2. The molecule has 0 fully saturated rings. The van der Waals surface area contributed by atoms with Gasteiger partial charge in [-0.1, -0.05) is 23.7 Å². The molecule has 0 saturated carbocycles. The largest absolute Gasteiger partial charge is 0.444 e. The summed E-state index contributed by atoms with van der Waals surface area (Å²) in [7, 11) is 0. The van der Waals surface area contributed by atoms with Crippen LogP contribution in [0.5, 0.6) is 5.75 Å². The van der Waals surface area contributed by atoms with Crippen LogP contribution in [-0.4, -0.2) is 16.8 Å². The third kappa shape index (κ3) is 3.28. The van der Waals surface area contributed by atoms with Gasteiger partial charge in [-0.3, -0.25) is 0 Å². The van der Waals surface area contributed by atoms with E-state index in [4.69, 9.17) is 5.11 Å². The lowest BCUT2D eigenvalue weighted by molar-refractivity contribution is -0.199. The van der Waals surface area contributed by atoms with Crippen molar-refractivity contribution in [2.45, 2.75) is 18.3 Å². The molecule has 2 nitrogen and oxygen atoms in total. The van der Waals surface area contributed by atoms with E-state index in [1.165, 1.54) is 24.3 Å². The maximum atomic E-state index is 12.7. The maximum absolute atomic E-state index is 12.7. The van der Waals surface area contributed by atoms with Crippen LogP contribution in [0.4, 0.5) is 13.2 Å². The second kappa shape index (κ2) is 4.72. The fourth-order valence-electron chi connectivity index (χ4n) is 0.909. The van der Waals surface area contributed by atoms with Crippen molar-refractivity contribution in [3.63, 3.8) is 0 Å². The van der Waals surface area contributed by atoms with Gasteiger partial charge in [-0.2, -0.15) is 8.78 Å². The fraction of sp³-hybridized carbons (Fsp3) is 0.333. The molecule has 0 heterocycles. The molecule has 0 aliphatic carbocycles. The normalized spacial score (nSPS) is 13.7. The average Bonchev–Trinajstić information content (AvgIpc) is 2.17. The molecular weight excluding hydrogens is 233 g/mol. The molecule has 15 heavy (non-hydrogen) atoms. The highest BCUT2D eigenvalue weighted by Gasteiger charge is 2.42. The molecule has 1 aromatic rings. The highest BCUT2D eigenvalue weighted by Crippen LogP contribution is 2.28. The lowest BCUT2D eigenvalue weighted by Crippen LogP contribution is -2.32. The van der Waals surface area contributed by atoms with E-state index in [2.05, 4.69) is 16.3 Å². The Morgan fingerprint density at radius 2 is 2.13 bits per heavy atom. The Hall–Kier alpha value is -0.940. The van der Waals surface area contributed by atoms with Gasteiger partial charge in [0.2, 0.25) is 0 Å². The topological polar surface area (TPSA) is 29.5 Å². The molecule has 84 valence electrons. The quantitative estimate of drug-likeness (QED) is 0.820. The summed E-state index contributed by atoms with van der Waals surface area (Å²) in [5, 5.41) is 8.73. The number of aliphatic hydroxyl groups is 1. The summed E-state index contributed by atoms with van der Waals surface area (Å²) in [5.74, 6) is -0.255. The van der Waals surface area contributed by atoms with Gasteiger partial charge in [0.15, 0.2) is 0 Å². The zero-order valence-electron chi connectivity index (χ0n) is 7.46. The van der Waals surface area contributed by atoms with Crippen molar-refractivity contribution in [3.8, 4) is 5.75 Å². The first-order valence-electron chi connectivity index (χ1n) is 4.00. The van der Waals surface area contributed by atoms with E-state index in [9.17, 15) is 13.2 Å². The van der Waals surface area contributed by atoms with Crippen LogP contribution < -0.4 is 4.74 Å². The Labute approximate surface area is 89.2 Å². The molecule has 0 saturated heterocycles. The van der Waals surface area contributed by atoms with E-state index in [0.717, 1.165) is 0 Å². The first-order chi connectivity index (χ1) is 6.95. The number of aliphatic hydroxyl groups excluding tert-OH is 1. The molecule has 1 N–H and O–H groups in total. The zero-order chi connectivity index (χ0) is 11.5. The molecule has 0 aliphatic heterocycles. The van der Waals surface area contributed by atoms with Gasteiger partial charge >= 0.3 is 6.11 Å². The molecule has 1 rings (SSSR count). The minimum absolute atomic E-state index is 0.255.